The summed E-state index contributed by atoms with van der Waals surface area (Å²) in [6, 6.07) is 5.64. The highest BCUT2D eigenvalue weighted by Gasteiger charge is 2.17. The molecule has 2 rings (SSSR count). The van der Waals surface area contributed by atoms with E-state index in [0.29, 0.717) is 5.16 Å². The van der Waals surface area contributed by atoms with Crippen LogP contribution in [0.25, 0.3) is 5.65 Å². The maximum absolute atomic E-state index is 11.3. The zero-order chi connectivity index (χ0) is 11.5. The molecule has 0 fully saturated rings. The second kappa shape index (κ2) is 4.52. The van der Waals surface area contributed by atoms with Gasteiger partial charge >= 0.3 is 5.97 Å². The van der Waals surface area contributed by atoms with Crippen LogP contribution in [-0.2, 0) is 9.53 Å². The van der Waals surface area contributed by atoms with Gasteiger partial charge in [-0.15, -0.1) is 10.2 Å². The molecule has 6 heteroatoms. The lowest BCUT2D eigenvalue weighted by molar-refractivity contribution is -0.139. The number of aromatic nitrogens is 3. The minimum atomic E-state index is -0.294. The monoisotopic (exact) mass is 237 g/mol. The van der Waals surface area contributed by atoms with Crippen molar-refractivity contribution in [2.45, 2.75) is 17.3 Å². The number of nitrogens with zero attached hydrogens (tertiary/aromatic N) is 3. The van der Waals surface area contributed by atoms with Crippen molar-refractivity contribution in [3.8, 4) is 0 Å². The number of carbonyl (C=O) groups is 1. The number of methoxy groups -OCH3 is 1. The fourth-order valence-corrected chi connectivity index (χ4v) is 2.14. The molecule has 2 heterocycles. The Labute approximate surface area is 96.8 Å². The lowest BCUT2D eigenvalue weighted by atomic mass is 10.5. The molecule has 0 spiro atoms. The van der Waals surface area contributed by atoms with Crippen molar-refractivity contribution in [3.63, 3.8) is 0 Å². The van der Waals surface area contributed by atoms with E-state index in [2.05, 4.69) is 14.9 Å². The molecule has 1 atom stereocenters. The fourth-order valence-electron chi connectivity index (χ4n) is 1.27. The van der Waals surface area contributed by atoms with Crippen LogP contribution in [0.3, 0.4) is 0 Å². The first kappa shape index (κ1) is 10.9. The van der Waals surface area contributed by atoms with Crippen LogP contribution in [0.15, 0.2) is 29.6 Å². The van der Waals surface area contributed by atoms with E-state index in [1.165, 1.54) is 18.9 Å². The van der Waals surface area contributed by atoms with Crippen molar-refractivity contribution < 1.29 is 9.53 Å². The van der Waals surface area contributed by atoms with Crippen LogP contribution in [0, 0.1) is 0 Å². The van der Waals surface area contributed by atoms with Crippen LogP contribution in [0.1, 0.15) is 6.92 Å². The predicted octanol–water partition coefficient (Wildman–Crippen LogP) is 1.38. The van der Waals surface area contributed by atoms with Crippen molar-refractivity contribution in [1.82, 2.24) is 14.6 Å². The second-order valence-corrected chi connectivity index (χ2v) is 4.50. The van der Waals surface area contributed by atoms with Crippen molar-refractivity contribution in [2.75, 3.05) is 7.11 Å². The number of hydrogen-bond acceptors (Lipinski definition) is 5. The summed E-state index contributed by atoms with van der Waals surface area (Å²) >= 11 is 1.33. The van der Waals surface area contributed by atoms with E-state index in [0.717, 1.165) is 5.65 Å². The molecule has 0 aliphatic heterocycles. The minimum absolute atomic E-state index is 0.266. The first-order valence-electron chi connectivity index (χ1n) is 4.76. The molecule has 16 heavy (non-hydrogen) atoms. The van der Waals surface area contributed by atoms with Crippen LogP contribution in [0.2, 0.25) is 0 Å². The van der Waals surface area contributed by atoms with Gasteiger partial charge in [-0.1, -0.05) is 17.8 Å². The summed E-state index contributed by atoms with van der Waals surface area (Å²) in [5.74, 6) is -0.266. The van der Waals surface area contributed by atoms with Gasteiger partial charge in [0.2, 0.25) is 0 Å². The number of carbonyl (C=O) groups excluding carboxylic acids is 1. The SMILES string of the molecule is COC(=O)C(C)Sc1nnc2ccccn12. The Morgan fingerprint density at radius 2 is 2.31 bits per heavy atom. The molecule has 0 bridgehead atoms. The molecule has 1 unspecified atom stereocenters. The molecular formula is C10H11N3O2S. The Hall–Kier alpha value is -1.56. The Kier molecular flexibility index (Phi) is 3.09. The van der Waals surface area contributed by atoms with Gasteiger partial charge in [0.1, 0.15) is 5.25 Å². The van der Waals surface area contributed by atoms with Gasteiger partial charge in [-0.2, -0.15) is 0 Å². The molecule has 2 aromatic heterocycles. The zero-order valence-electron chi connectivity index (χ0n) is 8.95. The highest BCUT2D eigenvalue weighted by atomic mass is 32.2. The smallest absolute Gasteiger partial charge is 0.318 e. The normalized spacial score (nSPS) is 12.6. The van der Waals surface area contributed by atoms with Crippen molar-refractivity contribution in [1.29, 1.82) is 0 Å². The molecule has 0 saturated heterocycles. The van der Waals surface area contributed by atoms with E-state index in [1.54, 1.807) is 6.92 Å². The van der Waals surface area contributed by atoms with Crippen LogP contribution in [0.4, 0.5) is 0 Å². The van der Waals surface area contributed by atoms with Gasteiger partial charge in [-0.05, 0) is 19.1 Å². The number of esters is 1. The number of fused-ring (bicyclic) bond motifs is 1. The molecule has 0 N–H and O–H groups in total. The van der Waals surface area contributed by atoms with Gasteiger partial charge in [-0.3, -0.25) is 9.20 Å². The molecule has 0 aliphatic rings. The van der Waals surface area contributed by atoms with Gasteiger partial charge < -0.3 is 4.74 Å². The van der Waals surface area contributed by atoms with Gasteiger partial charge in [0.05, 0.1) is 7.11 Å². The topological polar surface area (TPSA) is 56.5 Å². The average molecular weight is 237 g/mol. The second-order valence-electron chi connectivity index (χ2n) is 3.19. The summed E-state index contributed by atoms with van der Waals surface area (Å²) in [6.07, 6.45) is 1.86. The standard InChI is InChI=1S/C10H11N3O2S/c1-7(9(14)15-2)16-10-12-11-8-5-3-4-6-13(8)10/h3-7H,1-2H3. The number of pyridine rings is 1. The molecule has 0 aromatic carbocycles. The number of rotatable bonds is 3. The van der Waals surface area contributed by atoms with Crippen molar-refractivity contribution >= 4 is 23.4 Å². The number of ether oxygens (including phenoxy) is 1. The Bertz CT molecular complexity index is 511. The Morgan fingerprint density at radius 1 is 1.50 bits per heavy atom. The molecule has 5 nitrogen and oxygen atoms in total. The average Bonchev–Trinajstić information content (AvgIpc) is 2.72. The summed E-state index contributed by atoms with van der Waals surface area (Å²) < 4.78 is 6.49. The van der Waals surface area contributed by atoms with Crippen molar-refractivity contribution in [3.05, 3.63) is 24.4 Å². The highest BCUT2D eigenvalue weighted by molar-refractivity contribution is 8.00. The van der Waals surface area contributed by atoms with Crippen LogP contribution in [0.5, 0.6) is 0 Å². The molecule has 84 valence electrons. The number of hydrogen-bond donors (Lipinski definition) is 0. The third-order valence-corrected chi connectivity index (χ3v) is 3.13. The fraction of sp³-hybridized carbons (Fsp3) is 0.300. The lowest BCUT2D eigenvalue weighted by Gasteiger charge is -2.06. The van der Waals surface area contributed by atoms with E-state index in [-0.39, 0.29) is 11.2 Å². The molecule has 0 aliphatic carbocycles. The zero-order valence-corrected chi connectivity index (χ0v) is 9.77. The molecule has 0 saturated carbocycles. The Morgan fingerprint density at radius 3 is 3.06 bits per heavy atom. The van der Waals surface area contributed by atoms with E-state index in [9.17, 15) is 4.79 Å². The van der Waals surface area contributed by atoms with Gasteiger partial charge in [0, 0.05) is 6.20 Å². The minimum Gasteiger partial charge on any atom is -0.468 e. The van der Waals surface area contributed by atoms with E-state index < -0.39 is 0 Å². The molecular weight excluding hydrogens is 226 g/mol. The highest BCUT2D eigenvalue weighted by Crippen LogP contribution is 2.22. The van der Waals surface area contributed by atoms with E-state index >= 15 is 0 Å². The summed E-state index contributed by atoms with van der Waals surface area (Å²) in [4.78, 5) is 11.3. The molecule has 0 amide bonds. The summed E-state index contributed by atoms with van der Waals surface area (Å²) in [5, 5.41) is 8.41. The van der Waals surface area contributed by atoms with Crippen LogP contribution in [-0.4, -0.2) is 32.9 Å². The lowest BCUT2D eigenvalue weighted by Crippen LogP contribution is -2.15. The van der Waals surface area contributed by atoms with Gasteiger partial charge in [0.15, 0.2) is 10.8 Å². The third kappa shape index (κ3) is 2.01. The summed E-state index contributed by atoms with van der Waals surface area (Å²) in [7, 11) is 1.38. The largest absolute Gasteiger partial charge is 0.468 e. The summed E-state index contributed by atoms with van der Waals surface area (Å²) in [5.41, 5.74) is 0.766. The molecule has 2 aromatic rings. The Balaban J connectivity index is 2.24. The first-order chi connectivity index (χ1) is 7.72. The van der Waals surface area contributed by atoms with E-state index in [1.807, 2.05) is 28.8 Å². The van der Waals surface area contributed by atoms with Gasteiger partial charge in [-0.25, -0.2) is 0 Å². The maximum atomic E-state index is 11.3. The first-order valence-corrected chi connectivity index (χ1v) is 5.64. The number of thioether (sulfide) groups is 1. The van der Waals surface area contributed by atoms with Crippen LogP contribution >= 0.6 is 11.8 Å². The molecule has 0 radical (unpaired) electrons. The van der Waals surface area contributed by atoms with Crippen LogP contribution < -0.4 is 0 Å². The third-order valence-electron chi connectivity index (χ3n) is 2.10. The quantitative estimate of drug-likeness (QED) is 0.596. The predicted molar refractivity (Wildman–Crippen MR) is 60.3 cm³/mol. The van der Waals surface area contributed by atoms with E-state index in [4.69, 9.17) is 0 Å². The summed E-state index contributed by atoms with van der Waals surface area (Å²) in [6.45, 7) is 1.78. The van der Waals surface area contributed by atoms with Crippen molar-refractivity contribution in [2.24, 2.45) is 0 Å². The van der Waals surface area contributed by atoms with Gasteiger partial charge in [0.25, 0.3) is 0 Å². The maximum Gasteiger partial charge on any atom is 0.318 e.